The number of halogens is 1. The summed E-state index contributed by atoms with van der Waals surface area (Å²) in [4.78, 5) is 20.7. The molecule has 1 unspecified atom stereocenters. The second-order valence-electron chi connectivity index (χ2n) is 6.53. The molecule has 1 fully saturated rings. The Morgan fingerprint density at radius 2 is 1.81 bits per heavy atom. The van der Waals surface area contributed by atoms with Gasteiger partial charge in [-0.05, 0) is 17.7 Å². The fourth-order valence-corrected chi connectivity index (χ4v) is 3.43. The Labute approximate surface area is 151 Å². The molecule has 1 aliphatic rings. The zero-order valence-electron chi connectivity index (χ0n) is 14.5. The van der Waals surface area contributed by atoms with Crippen LogP contribution >= 0.6 is 0 Å². The SMILES string of the molecule is O=C(c1cccn2ccnc12)N1CCN(C(F)Cc2ccccc2)CC1. The Kier molecular flexibility index (Phi) is 4.67. The van der Waals surface area contributed by atoms with Crippen molar-refractivity contribution in [3.63, 3.8) is 0 Å². The summed E-state index contributed by atoms with van der Waals surface area (Å²) in [7, 11) is 0. The molecule has 134 valence electrons. The van der Waals surface area contributed by atoms with Gasteiger partial charge in [0.15, 0.2) is 6.30 Å². The van der Waals surface area contributed by atoms with Gasteiger partial charge in [0.2, 0.25) is 0 Å². The summed E-state index contributed by atoms with van der Waals surface area (Å²) in [6.07, 6.45) is 4.73. The highest BCUT2D eigenvalue weighted by Crippen LogP contribution is 2.16. The first kappa shape index (κ1) is 16.7. The first-order valence-corrected chi connectivity index (χ1v) is 8.85. The van der Waals surface area contributed by atoms with E-state index in [0.717, 1.165) is 5.56 Å². The summed E-state index contributed by atoms with van der Waals surface area (Å²) in [5, 5.41) is 0. The van der Waals surface area contributed by atoms with E-state index in [-0.39, 0.29) is 5.91 Å². The number of amides is 1. The van der Waals surface area contributed by atoms with Crippen LogP contribution in [0.15, 0.2) is 61.1 Å². The highest BCUT2D eigenvalue weighted by atomic mass is 19.1. The molecule has 3 heterocycles. The summed E-state index contributed by atoms with van der Waals surface area (Å²) >= 11 is 0. The number of benzene rings is 1. The third kappa shape index (κ3) is 3.32. The van der Waals surface area contributed by atoms with Crippen LogP contribution in [0.4, 0.5) is 4.39 Å². The lowest BCUT2D eigenvalue weighted by Gasteiger charge is -2.36. The summed E-state index contributed by atoms with van der Waals surface area (Å²) in [6.45, 7) is 2.13. The number of piperazine rings is 1. The van der Waals surface area contributed by atoms with Crippen molar-refractivity contribution in [3.05, 3.63) is 72.2 Å². The number of carbonyl (C=O) groups is 1. The number of imidazole rings is 1. The lowest BCUT2D eigenvalue weighted by molar-refractivity contribution is 0.0281. The maximum atomic E-state index is 14.6. The Bertz CT molecular complexity index is 887. The van der Waals surface area contributed by atoms with E-state index >= 15 is 0 Å². The van der Waals surface area contributed by atoms with Crippen LogP contribution in [0.2, 0.25) is 0 Å². The van der Waals surface area contributed by atoms with Gasteiger partial charge in [0.1, 0.15) is 5.65 Å². The molecule has 26 heavy (non-hydrogen) atoms. The molecule has 1 aliphatic heterocycles. The highest BCUT2D eigenvalue weighted by Gasteiger charge is 2.27. The van der Waals surface area contributed by atoms with E-state index in [9.17, 15) is 9.18 Å². The van der Waals surface area contributed by atoms with Gasteiger partial charge >= 0.3 is 0 Å². The summed E-state index contributed by atoms with van der Waals surface area (Å²) in [5.74, 6) is -0.0417. The second-order valence-corrected chi connectivity index (χ2v) is 6.53. The Morgan fingerprint density at radius 1 is 1.04 bits per heavy atom. The second kappa shape index (κ2) is 7.25. The molecule has 0 spiro atoms. The number of fused-ring (bicyclic) bond motifs is 1. The monoisotopic (exact) mass is 352 g/mol. The van der Waals surface area contributed by atoms with Crippen LogP contribution in [-0.2, 0) is 6.42 Å². The summed E-state index contributed by atoms with van der Waals surface area (Å²) < 4.78 is 16.4. The molecule has 1 aromatic carbocycles. The minimum atomic E-state index is -1.02. The van der Waals surface area contributed by atoms with Gasteiger partial charge in [-0.15, -0.1) is 0 Å². The first-order chi connectivity index (χ1) is 12.7. The fraction of sp³-hybridized carbons (Fsp3) is 0.300. The Hall–Kier alpha value is -2.73. The van der Waals surface area contributed by atoms with Gasteiger partial charge in [0.05, 0.1) is 5.56 Å². The normalized spacial score (nSPS) is 16.7. The average Bonchev–Trinajstić information content (AvgIpc) is 3.17. The van der Waals surface area contributed by atoms with Crippen molar-refractivity contribution in [1.29, 1.82) is 0 Å². The van der Waals surface area contributed by atoms with Crippen molar-refractivity contribution in [2.75, 3.05) is 26.2 Å². The van der Waals surface area contributed by atoms with Crippen molar-refractivity contribution in [2.45, 2.75) is 12.7 Å². The Morgan fingerprint density at radius 3 is 2.58 bits per heavy atom. The van der Waals surface area contributed by atoms with E-state index in [1.54, 1.807) is 17.2 Å². The van der Waals surface area contributed by atoms with Gasteiger partial charge in [-0.3, -0.25) is 9.69 Å². The molecule has 5 nitrogen and oxygen atoms in total. The lowest BCUT2D eigenvalue weighted by Crippen LogP contribution is -2.51. The van der Waals surface area contributed by atoms with Crippen LogP contribution in [-0.4, -0.2) is 57.6 Å². The number of rotatable bonds is 4. The number of alkyl halides is 1. The number of pyridine rings is 1. The van der Waals surface area contributed by atoms with Gasteiger partial charge in [-0.25, -0.2) is 9.37 Å². The molecular formula is C20H21FN4O. The molecule has 1 amide bonds. The minimum absolute atomic E-state index is 0.0417. The van der Waals surface area contributed by atoms with Crippen LogP contribution in [0, 0.1) is 0 Å². The number of aromatic nitrogens is 2. The van der Waals surface area contributed by atoms with Crippen molar-refractivity contribution in [3.8, 4) is 0 Å². The summed E-state index contributed by atoms with van der Waals surface area (Å²) in [5.41, 5.74) is 2.24. The fourth-order valence-electron chi connectivity index (χ4n) is 3.43. The quantitative estimate of drug-likeness (QED) is 0.678. The van der Waals surface area contributed by atoms with Crippen molar-refractivity contribution in [1.82, 2.24) is 19.2 Å². The standard InChI is InChI=1S/C20H21FN4O/c21-18(15-16-5-2-1-3-6-16)23-11-13-25(14-12-23)20(26)17-7-4-9-24-10-8-22-19(17)24/h1-10,18H,11-15H2. The topological polar surface area (TPSA) is 40.9 Å². The average molecular weight is 352 g/mol. The third-order valence-electron chi connectivity index (χ3n) is 4.89. The molecule has 2 aromatic heterocycles. The van der Waals surface area contributed by atoms with Gasteiger partial charge in [-0.2, -0.15) is 0 Å². The zero-order valence-corrected chi connectivity index (χ0v) is 14.5. The molecule has 0 saturated carbocycles. The van der Waals surface area contributed by atoms with E-state index in [4.69, 9.17) is 0 Å². The van der Waals surface area contributed by atoms with Gasteiger partial charge in [-0.1, -0.05) is 30.3 Å². The number of hydrogen-bond donors (Lipinski definition) is 0. The van der Waals surface area contributed by atoms with Crippen molar-refractivity contribution < 1.29 is 9.18 Å². The third-order valence-corrected chi connectivity index (χ3v) is 4.89. The summed E-state index contributed by atoms with van der Waals surface area (Å²) in [6, 6.07) is 13.3. The van der Waals surface area contributed by atoms with E-state index in [1.807, 2.05) is 58.1 Å². The molecule has 1 atom stereocenters. The van der Waals surface area contributed by atoms with Crippen LogP contribution in [0.25, 0.3) is 5.65 Å². The van der Waals surface area contributed by atoms with E-state index in [1.165, 1.54) is 0 Å². The lowest BCUT2D eigenvalue weighted by atomic mass is 10.1. The molecule has 0 radical (unpaired) electrons. The predicted octanol–water partition coefficient (Wildman–Crippen LogP) is 2.63. The molecule has 4 rings (SSSR count). The number of nitrogens with zero attached hydrogens (tertiary/aromatic N) is 4. The van der Waals surface area contributed by atoms with Crippen LogP contribution in [0.3, 0.4) is 0 Å². The van der Waals surface area contributed by atoms with Gasteiger partial charge in [0, 0.05) is 51.2 Å². The van der Waals surface area contributed by atoms with Crippen LogP contribution in [0.5, 0.6) is 0 Å². The maximum absolute atomic E-state index is 14.6. The number of carbonyl (C=O) groups excluding carboxylic acids is 1. The largest absolute Gasteiger partial charge is 0.336 e. The maximum Gasteiger partial charge on any atom is 0.257 e. The molecule has 0 bridgehead atoms. The van der Waals surface area contributed by atoms with Gasteiger partial charge in [0.25, 0.3) is 5.91 Å². The first-order valence-electron chi connectivity index (χ1n) is 8.85. The molecule has 0 aliphatic carbocycles. The van der Waals surface area contributed by atoms with E-state index in [0.29, 0.717) is 43.8 Å². The van der Waals surface area contributed by atoms with Crippen molar-refractivity contribution >= 4 is 11.6 Å². The van der Waals surface area contributed by atoms with Crippen LogP contribution < -0.4 is 0 Å². The Balaban J connectivity index is 1.39. The number of hydrogen-bond acceptors (Lipinski definition) is 3. The van der Waals surface area contributed by atoms with Crippen molar-refractivity contribution in [2.24, 2.45) is 0 Å². The van der Waals surface area contributed by atoms with Gasteiger partial charge < -0.3 is 9.30 Å². The minimum Gasteiger partial charge on any atom is -0.336 e. The molecule has 0 N–H and O–H groups in total. The highest BCUT2D eigenvalue weighted by molar-refractivity contribution is 5.99. The molecule has 6 heteroatoms. The predicted molar refractivity (Wildman–Crippen MR) is 97.7 cm³/mol. The smallest absolute Gasteiger partial charge is 0.257 e. The zero-order chi connectivity index (χ0) is 17.9. The molecule has 1 saturated heterocycles. The van der Waals surface area contributed by atoms with Crippen LogP contribution in [0.1, 0.15) is 15.9 Å². The molecule has 3 aromatic rings. The molecular weight excluding hydrogens is 331 g/mol. The van der Waals surface area contributed by atoms with E-state index in [2.05, 4.69) is 4.98 Å². The van der Waals surface area contributed by atoms with E-state index < -0.39 is 6.30 Å².